The predicted octanol–water partition coefficient (Wildman–Crippen LogP) is 1.95. The molecule has 1 aliphatic heterocycles. The molecule has 1 atom stereocenters. The quantitative estimate of drug-likeness (QED) is 0.293. The van der Waals surface area contributed by atoms with Crippen molar-refractivity contribution < 1.29 is 19.1 Å². The van der Waals surface area contributed by atoms with E-state index in [4.69, 9.17) is 4.74 Å². The van der Waals surface area contributed by atoms with Gasteiger partial charge in [0.2, 0.25) is 5.82 Å². The van der Waals surface area contributed by atoms with Crippen molar-refractivity contribution in [3.05, 3.63) is 77.2 Å². The Morgan fingerprint density at radius 1 is 1.18 bits per heavy atom. The molecule has 1 aromatic heterocycles. The third-order valence-electron chi connectivity index (χ3n) is 5.17. The lowest BCUT2D eigenvalue weighted by Crippen LogP contribution is -2.47. The molecule has 0 saturated heterocycles. The summed E-state index contributed by atoms with van der Waals surface area (Å²) in [6, 6.07) is 14.3. The lowest BCUT2D eigenvalue weighted by Gasteiger charge is -2.24. The number of nitrogens with zero attached hydrogens (tertiary/aromatic N) is 5. The first kappa shape index (κ1) is 22.3. The van der Waals surface area contributed by atoms with Gasteiger partial charge in [-0.2, -0.15) is 10.5 Å². The number of aromatic amines is 1. The highest BCUT2D eigenvalue weighted by molar-refractivity contribution is 6.22. The van der Waals surface area contributed by atoms with E-state index in [-0.39, 0.29) is 35.6 Å². The number of carbonyl (C=O) groups is 3. The summed E-state index contributed by atoms with van der Waals surface area (Å²) in [7, 11) is 0. The van der Waals surface area contributed by atoms with E-state index >= 15 is 0 Å². The number of nitrogens with one attached hydrogen (secondary N) is 2. The van der Waals surface area contributed by atoms with Crippen molar-refractivity contribution in [2.75, 3.05) is 11.9 Å². The van der Waals surface area contributed by atoms with Crippen molar-refractivity contribution in [1.29, 1.82) is 5.26 Å². The van der Waals surface area contributed by atoms with Crippen molar-refractivity contribution in [1.82, 2.24) is 25.5 Å². The Labute approximate surface area is 194 Å². The van der Waals surface area contributed by atoms with Crippen LogP contribution in [0.1, 0.15) is 39.0 Å². The van der Waals surface area contributed by atoms with Gasteiger partial charge in [-0.25, -0.2) is 4.79 Å². The molecule has 2 aromatic carbocycles. The Kier molecular flexibility index (Phi) is 6.40. The van der Waals surface area contributed by atoms with Crippen LogP contribution in [0.4, 0.5) is 5.69 Å². The summed E-state index contributed by atoms with van der Waals surface area (Å²) >= 11 is 0. The maximum atomic E-state index is 12.9. The molecule has 1 aliphatic rings. The number of aromatic nitrogens is 4. The SMILES string of the molecule is CCOC(=O)C(Cc1ccc(NC=C(C#N)c2nn[nH]n2)cc1)N1C(=O)c2ccccc2C1=O. The van der Waals surface area contributed by atoms with Gasteiger partial charge >= 0.3 is 5.97 Å². The summed E-state index contributed by atoms with van der Waals surface area (Å²) in [6.45, 7) is 1.78. The smallest absolute Gasteiger partial charge is 0.329 e. The van der Waals surface area contributed by atoms with Gasteiger partial charge in [0, 0.05) is 18.3 Å². The van der Waals surface area contributed by atoms with Crippen LogP contribution in [0.2, 0.25) is 0 Å². The van der Waals surface area contributed by atoms with Crippen LogP contribution in [0.3, 0.4) is 0 Å². The molecule has 0 bridgehead atoms. The van der Waals surface area contributed by atoms with E-state index in [1.807, 2.05) is 6.07 Å². The van der Waals surface area contributed by atoms with E-state index in [0.717, 1.165) is 4.90 Å². The Bertz CT molecular complexity index is 1260. The molecule has 11 heteroatoms. The first-order valence-electron chi connectivity index (χ1n) is 10.4. The number of H-pyrrole nitrogens is 1. The van der Waals surface area contributed by atoms with Crippen molar-refractivity contribution in [2.24, 2.45) is 0 Å². The number of amides is 2. The summed E-state index contributed by atoms with van der Waals surface area (Å²) in [5, 5.41) is 25.4. The molecule has 4 rings (SSSR count). The number of nitriles is 1. The Morgan fingerprint density at radius 2 is 1.85 bits per heavy atom. The van der Waals surface area contributed by atoms with Crippen LogP contribution in [-0.4, -0.2) is 56.0 Å². The Hall–Kier alpha value is -4.85. The molecule has 3 aromatic rings. The molecular weight excluding hydrogens is 438 g/mol. The summed E-state index contributed by atoms with van der Waals surface area (Å²) in [5.41, 5.74) is 2.09. The lowest BCUT2D eigenvalue weighted by atomic mass is 10.0. The number of hydrogen-bond acceptors (Lipinski definition) is 9. The fraction of sp³-hybridized carbons (Fsp3) is 0.174. The van der Waals surface area contributed by atoms with Crippen LogP contribution in [0.5, 0.6) is 0 Å². The maximum Gasteiger partial charge on any atom is 0.329 e. The van der Waals surface area contributed by atoms with Crippen LogP contribution >= 0.6 is 0 Å². The molecule has 1 unspecified atom stereocenters. The highest BCUT2D eigenvalue weighted by atomic mass is 16.5. The Balaban J connectivity index is 1.53. The summed E-state index contributed by atoms with van der Waals surface area (Å²) < 4.78 is 5.17. The molecule has 0 spiro atoms. The molecule has 2 N–H and O–H groups in total. The van der Waals surface area contributed by atoms with Gasteiger partial charge in [0.1, 0.15) is 17.7 Å². The van der Waals surface area contributed by atoms with Crippen molar-refractivity contribution in [3.63, 3.8) is 0 Å². The molecule has 170 valence electrons. The number of ether oxygens (including phenoxy) is 1. The van der Waals surface area contributed by atoms with Crippen LogP contribution in [0.15, 0.2) is 54.7 Å². The zero-order valence-electron chi connectivity index (χ0n) is 18.1. The molecule has 0 fully saturated rings. The van der Waals surface area contributed by atoms with E-state index in [1.165, 1.54) is 6.20 Å². The second kappa shape index (κ2) is 9.74. The molecule has 34 heavy (non-hydrogen) atoms. The van der Waals surface area contributed by atoms with E-state index in [9.17, 15) is 19.6 Å². The number of allylic oxidation sites excluding steroid dienone is 1. The minimum Gasteiger partial charge on any atom is -0.464 e. The fourth-order valence-electron chi connectivity index (χ4n) is 3.55. The highest BCUT2D eigenvalue weighted by Gasteiger charge is 2.43. The van der Waals surface area contributed by atoms with Gasteiger partial charge in [-0.3, -0.25) is 14.5 Å². The maximum absolute atomic E-state index is 12.9. The number of esters is 1. The first-order valence-corrected chi connectivity index (χ1v) is 10.4. The number of benzene rings is 2. The van der Waals surface area contributed by atoms with E-state index in [0.29, 0.717) is 11.3 Å². The zero-order chi connectivity index (χ0) is 24.1. The third kappa shape index (κ3) is 4.37. The topological polar surface area (TPSA) is 154 Å². The summed E-state index contributed by atoms with van der Waals surface area (Å²) in [5.74, 6) is -1.54. The van der Waals surface area contributed by atoms with E-state index < -0.39 is 23.8 Å². The third-order valence-corrected chi connectivity index (χ3v) is 5.17. The molecule has 2 amide bonds. The second-order valence-electron chi connectivity index (χ2n) is 7.24. The van der Waals surface area contributed by atoms with Gasteiger partial charge in [-0.05, 0) is 42.0 Å². The largest absolute Gasteiger partial charge is 0.464 e. The van der Waals surface area contributed by atoms with Gasteiger partial charge in [-0.15, -0.1) is 10.2 Å². The van der Waals surface area contributed by atoms with Gasteiger partial charge < -0.3 is 10.1 Å². The molecule has 0 radical (unpaired) electrons. The Morgan fingerprint density at radius 3 is 2.41 bits per heavy atom. The lowest BCUT2D eigenvalue weighted by molar-refractivity contribution is -0.147. The average Bonchev–Trinajstić information content (AvgIpc) is 3.47. The number of anilines is 1. The molecule has 0 saturated carbocycles. The number of rotatable bonds is 8. The zero-order valence-corrected chi connectivity index (χ0v) is 18.1. The van der Waals surface area contributed by atoms with Gasteiger partial charge in [-0.1, -0.05) is 24.3 Å². The minimum atomic E-state index is -1.10. The summed E-state index contributed by atoms with van der Waals surface area (Å²) in [4.78, 5) is 39.5. The molecule has 0 aliphatic carbocycles. The van der Waals surface area contributed by atoms with Crippen molar-refractivity contribution in [3.8, 4) is 6.07 Å². The van der Waals surface area contributed by atoms with Gasteiger partial charge in [0.25, 0.3) is 11.8 Å². The molecule has 2 heterocycles. The van der Waals surface area contributed by atoms with Crippen molar-refractivity contribution >= 4 is 29.0 Å². The standard InChI is InChI=1S/C23H19N7O4/c1-2-34-23(33)19(30-21(31)17-5-3-4-6-18(17)22(30)32)11-14-7-9-16(10-8-14)25-13-15(12-24)20-26-28-29-27-20/h3-10,13,19,25H,2,11H2,1H3,(H,26,27,28,29). The normalized spacial score (nSPS) is 13.9. The van der Waals surface area contributed by atoms with Crippen LogP contribution in [0.25, 0.3) is 5.57 Å². The number of fused-ring (bicyclic) bond motifs is 1. The van der Waals surface area contributed by atoms with Crippen LogP contribution < -0.4 is 5.32 Å². The number of hydrogen-bond donors (Lipinski definition) is 2. The van der Waals surface area contributed by atoms with Crippen molar-refractivity contribution in [2.45, 2.75) is 19.4 Å². The number of imide groups is 1. The molecule has 11 nitrogen and oxygen atoms in total. The van der Waals surface area contributed by atoms with Crippen LogP contribution in [-0.2, 0) is 16.0 Å². The fourth-order valence-corrected chi connectivity index (χ4v) is 3.55. The van der Waals surface area contributed by atoms with Gasteiger partial charge in [0.15, 0.2) is 0 Å². The predicted molar refractivity (Wildman–Crippen MR) is 119 cm³/mol. The second-order valence-corrected chi connectivity index (χ2v) is 7.24. The van der Waals surface area contributed by atoms with Gasteiger partial charge in [0.05, 0.1) is 17.7 Å². The number of carbonyl (C=O) groups excluding carboxylic acids is 3. The monoisotopic (exact) mass is 457 g/mol. The van der Waals surface area contributed by atoms with E-state index in [1.54, 1.807) is 55.5 Å². The van der Waals surface area contributed by atoms with E-state index in [2.05, 4.69) is 25.9 Å². The molecular formula is C23H19N7O4. The summed E-state index contributed by atoms with van der Waals surface area (Å²) in [6.07, 6.45) is 1.53. The van der Waals surface area contributed by atoms with Crippen LogP contribution in [0, 0.1) is 11.3 Å². The first-order chi connectivity index (χ1) is 16.5. The highest BCUT2D eigenvalue weighted by Crippen LogP contribution is 2.27. The number of tetrazole rings is 1. The average molecular weight is 457 g/mol. The minimum absolute atomic E-state index is 0.0900.